The Morgan fingerprint density at radius 1 is 0.316 bits per heavy atom. The number of rotatable bonds is 4. The lowest BCUT2D eigenvalue weighted by Crippen LogP contribution is -2.19. The SMILES string of the molecule is Cc1cc(C)c(N2C=CC(=C3C=CN(c4c(C)cc(C)c(-c5cc(C(C)(C)C)cc6c5-c5ccc(C(C)(C)C)cc5C6(C)C)c4C)C=C3)C=C2)c(C)c1-c1cc(C(C)(C)C)cc2c1-c1ccc(C(C)(C)C)cc1C2(C)C. The number of aryl methyl sites for hydroxylation is 4. The first-order chi connectivity index (χ1) is 35.2. The zero-order valence-electron chi connectivity index (χ0n) is 50.4. The van der Waals surface area contributed by atoms with Crippen LogP contribution in [0.15, 0.2) is 133 Å². The third kappa shape index (κ3) is 8.53. The maximum atomic E-state index is 2.52. The lowest BCUT2D eigenvalue weighted by molar-refractivity contribution is 0.579. The van der Waals surface area contributed by atoms with E-state index in [1.54, 1.807) is 0 Å². The van der Waals surface area contributed by atoms with Gasteiger partial charge in [0.2, 0.25) is 0 Å². The van der Waals surface area contributed by atoms with Crippen LogP contribution in [0.1, 0.15) is 189 Å². The summed E-state index contributed by atoms with van der Waals surface area (Å²) in [6, 6.07) is 29.5. The van der Waals surface area contributed by atoms with Crippen LogP contribution in [-0.4, -0.2) is 0 Å². The number of anilines is 2. The molecule has 0 fully saturated rings. The van der Waals surface area contributed by atoms with Gasteiger partial charge in [0.05, 0.1) is 11.4 Å². The van der Waals surface area contributed by atoms with Crippen LogP contribution >= 0.6 is 0 Å². The number of benzene rings is 6. The average Bonchev–Trinajstić information content (AvgIpc) is 3.80. The minimum atomic E-state index is -0.125. The highest BCUT2D eigenvalue weighted by atomic mass is 15.1. The molecule has 2 aliphatic heterocycles. The highest BCUT2D eigenvalue weighted by Crippen LogP contribution is 2.58. The van der Waals surface area contributed by atoms with Crippen LogP contribution in [0.3, 0.4) is 0 Å². The van der Waals surface area contributed by atoms with Gasteiger partial charge in [-0.05, 0) is 233 Å². The van der Waals surface area contributed by atoms with Gasteiger partial charge in [0.25, 0.3) is 0 Å². The Labute approximate surface area is 459 Å². The third-order valence-electron chi connectivity index (χ3n) is 17.9. The molecule has 0 saturated heterocycles. The summed E-state index contributed by atoms with van der Waals surface area (Å²) in [6.07, 6.45) is 18.2. The topological polar surface area (TPSA) is 6.48 Å². The van der Waals surface area contributed by atoms with E-state index in [9.17, 15) is 0 Å². The number of hydrogen-bond donors (Lipinski definition) is 0. The molecule has 0 unspecified atom stereocenters. The second-order valence-corrected chi connectivity index (χ2v) is 28.4. The number of nitrogens with zero attached hydrogens (tertiary/aromatic N) is 2. The van der Waals surface area contributed by atoms with Crippen LogP contribution in [0.2, 0.25) is 0 Å². The summed E-state index contributed by atoms with van der Waals surface area (Å²) in [6.45, 7) is 51.7. The van der Waals surface area contributed by atoms with E-state index in [-0.39, 0.29) is 32.5 Å². The van der Waals surface area contributed by atoms with Crippen molar-refractivity contribution in [3.8, 4) is 44.5 Å². The summed E-state index contributed by atoms with van der Waals surface area (Å²) in [4.78, 5) is 4.69. The van der Waals surface area contributed by atoms with Gasteiger partial charge >= 0.3 is 0 Å². The van der Waals surface area contributed by atoms with Crippen molar-refractivity contribution in [1.82, 2.24) is 0 Å². The van der Waals surface area contributed by atoms with E-state index >= 15 is 0 Å². The second kappa shape index (κ2) is 17.6. The normalized spacial score (nSPS) is 16.4. The monoisotopic (exact) mass is 1000 g/mol. The van der Waals surface area contributed by atoms with Gasteiger partial charge in [-0.3, -0.25) is 0 Å². The number of hydrogen-bond acceptors (Lipinski definition) is 2. The smallest absolute Gasteiger partial charge is 0.0514 e. The summed E-state index contributed by atoms with van der Waals surface area (Å²) >= 11 is 0. The summed E-state index contributed by atoms with van der Waals surface area (Å²) in [5.74, 6) is 0. The van der Waals surface area contributed by atoms with Crippen molar-refractivity contribution in [2.24, 2.45) is 0 Å². The first-order valence-corrected chi connectivity index (χ1v) is 28.2. The van der Waals surface area contributed by atoms with Crippen molar-refractivity contribution in [3.05, 3.63) is 211 Å². The van der Waals surface area contributed by atoms with E-state index in [0.29, 0.717) is 0 Å². The van der Waals surface area contributed by atoms with Gasteiger partial charge in [-0.15, -0.1) is 0 Å². The lowest BCUT2D eigenvalue weighted by atomic mass is 9.76. The second-order valence-electron chi connectivity index (χ2n) is 28.4. The third-order valence-corrected chi connectivity index (χ3v) is 17.9. The van der Waals surface area contributed by atoms with E-state index < -0.39 is 0 Å². The van der Waals surface area contributed by atoms with E-state index in [1.807, 2.05) is 0 Å². The summed E-state index contributed by atoms with van der Waals surface area (Å²) < 4.78 is 0. The highest BCUT2D eigenvalue weighted by molar-refractivity contribution is 5.98. The Kier molecular flexibility index (Phi) is 12.3. The van der Waals surface area contributed by atoms with Crippen LogP contribution in [-0.2, 0) is 32.5 Å². The quantitative estimate of drug-likeness (QED) is 0.174. The molecule has 2 aliphatic carbocycles. The van der Waals surface area contributed by atoms with Crippen LogP contribution in [0.4, 0.5) is 11.4 Å². The zero-order chi connectivity index (χ0) is 55.3. The first kappa shape index (κ1) is 53.0. The van der Waals surface area contributed by atoms with Gasteiger partial charge in [0.15, 0.2) is 0 Å². The predicted molar refractivity (Wildman–Crippen MR) is 331 cm³/mol. The van der Waals surface area contributed by atoms with Crippen molar-refractivity contribution in [2.75, 3.05) is 9.80 Å². The van der Waals surface area contributed by atoms with Crippen molar-refractivity contribution >= 4 is 11.4 Å². The Morgan fingerprint density at radius 2 is 0.618 bits per heavy atom. The molecular formula is C74H86N2. The number of fused-ring (bicyclic) bond motifs is 6. The molecular weight excluding hydrogens is 917 g/mol. The lowest BCUT2D eigenvalue weighted by Gasteiger charge is -2.30. The van der Waals surface area contributed by atoms with E-state index in [0.717, 1.165) is 0 Å². The van der Waals surface area contributed by atoms with Gasteiger partial charge in [-0.1, -0.05) is 171 Å². The van der Waals surface area contributed by atoms with E-state index in [4.69, 9.17) is 0 Å². The Bertz CT molecular complexity index is 3340. The van der Waals surface area contributed by atoms with Crippen LogP contribution in [0.5, 0.6) is 0 Å². The molecule has 6 aromatic rings. The molecule has 0 atom stereocenters. The molecule has 0 spiro atoms. The summed E-state index contributed by atoms with van der Waals surface area (Å²) in [5.41, 5.74) is 34.8. The molecule has 2 heterocycles. The summed E-state index contributed by atoms with van der Waals surface area (Å²) in [7, 11) is 0. The molecule has 6 aromatic carbocycles. The molecule has 392 valence electrons. The Morgan fingerprint density at radius 3 is 0.921 bits per heavy atom. The maximum absolute atomic E-state index is 2.52. The molecule has 0 bridgehead atoms. The van der Waals surface area contributed by atoms with Crippen molar-refractivity contribution < 1.29 is 0 Å². The van der Waals surface area contributed by atoms with Gasteiger partial charge in [-0.2, -0.15) is 0 Å². The van der Waals surface area contributed by atoms with E-state index in [2.05, 4.69) is 284 Å². The fourth-order valence-corrected chi connectivity index (χ4v) is 13.4. The Hall–Kier alpha value is -6.38. The standard InChI is InChI=1S/C74H86N2/c1-43-35-45(3)67(47(5)63(43)57-37-53(71(13,14)15)41-61-65(57)55-25-23-51(69(7,8)9)39-59(55)73(61,19)20)75-31-27-49(28-32-75)50-29-33-76(34-30-50)68-46(4)36-44(2)64(48(68)6)58-38-54(72(16,17)18)42-62-66(58)56-26-24-52(70(10,11)12)40-60(56)74(62,21)22/h23-42H,1-22H3. The molecule has 10 rings (SSSR count). The summed E-state index contributed by atoms with van der Waals surface area (Å²) in [5, 5.41) is 0. The minimum absolute atomic E-state index is 0.0103. The van der Waals surface area contributed by atoms with Crippen LogP contribution in [0, 0.1) is 41.5 Å². The highest BCUT2D eigenvalue weighted by Gasteiger charge is 2.42. The van der Waals surface area contributed by atoms with Crippen molar-refractivity contribution in [3.63, 3.8) is 0 Å². The molecule has 4 aliphatic rings. The zero-order valence-corrected chi connectivity index (χ0v) is 50.4. The maximum Gasteiger partial charge on any atom is 0.0514 e. The predicted octanol–water partition coefficient (Wildman–Crippen LogP) is 20.4. The molecule has 0 amide bonds. The minimum Gasteiger partial charge on any atom is -0.323 e. The molecule has 76 heavy (non-hydrogen) atoms. The largest absolute Gasteiger partial charge is 0.323 e. The first-order valence-electron chi connectivity index (χ1n) is 28.2. The number of allylic oxidation sites excluding steroid dienone is 6. The van der Waals surface area contributed by atoms with Gasteiger partial charge in [0, 0.05) is 35.6 Å². The molecule has 0 saturated carbocycles. The van der Waals surface area contributed by atoms with E-state index in [1.165, 1.54) is 145 Å². The molecule has 0 aromatic heterocycles. The molecule has 0 N–H and O–H groups in total. The molecule has 0 radical (unpaired) electrons. The Balaban J connectivity index is 1.00. The molecule has 2 heteroatoms. The van der Waals surface area contributed by atoms with Crippen molar-refractivity contribution in [1.29, 1.82) is 0 Å². The van der Waals surface area contributed by atoms with Crippen molar-refractivity contribution in [2.45, 2.75) is 185 Å². The van der Waals surface area contributed by atoms with Crippen LogP contribution in [0.25, 0.3) is 44.5 Å². The van der Waals surface area contributed by atoms with Gasteiger partial charge in [0.1, 0.15) is 0 Å². The average molecular weight is 1000 g/mol. The fraction of sp³-hybridized carbons (Fsp3) is 0.378. The van der Waals surface area contributed by atoms with Gasteiger partial charge < -0.3 is 9.80 Å². The van der Waals surface area contributed by atoms with Crippen LogP contribution < -0.4 is 9.80 Å². The fourth-order valence-electron chi connectivity index (χ4n) is 13.4. The van der Waals surface area contributed by atoms with Gasteiger partial charge in [-0.25, -0.2) is 0 Å². The molecule has 2 nitrogen and oxygen atoms in total.